The third-order valence-corrected chi connectivity index (χ3v) is 3.20. The molecule has 0 spiro atoms. The number of rotatable bonds is 3. The van der Waals surface area contributed by atoms with E-state index in [0.29, 0.717) is 0 Å². The van der Waals surface area contributed by atoms with Crippen molar-refractivity contribution in [2.75, 3.05) is 0 Å². The van der Waals surface area contributed by atoms with Gasteiger partial charge in [-0.05, 0) is 13.0 Å². The molecule has 0 saturated carbocycles. The number of nitrogens with two attached hydrogens (primary N) is 1. The zero-order valence-corrected chi connectivity index (χ0v) is 10.7. The number of hydrogen-bond donors (Lipinski definition) is 1. The summed E-state index contributed by atoms with van der Waals surface area (Å²) < 4.78 is 1.87. The lowest BCUT2D eigenvalue weighted by Gasteiger charge is -2.11. The van der Waals surface area contributed by atoms with Crippen LogP contribution in [-0.4, -0.2) is 19.7 Å². The van der Waals surface area contributed by atoms with Gasteiger partial charge in [-0.3, -0.25) is 14.6 Å². The second-order valence-corrected chi connectivity index (χ2v) is 4.38. The first-order valence-corrected chi connectivity index (χ1v) is 6.27. The van der Waals surface area contributed by atoms with Gasteiger partial charge in [0, 0.05) is 36.3 Å². The average Bonchev–Trinajstić information content (AvgIpc) is 2.95. The molecular weight excluding hydrogens is 238 g/mol. The van der Waals surface area contributed by atoms with Crippen molar-refractivity contribution in [3.05, 3.63) is 54.1 Å². The topological polar surface area (TPSA) is 69.6 Å². The Bertz CT molecular complexity index is 698. The molecule has 0 bridgehead atoms. The van der Waals surface area contributed by atoms with E-state index in [9.17, 15) is 0 Å². The minimum absolute atomic E-state index is 0.235. The Kier molecular flexibility index (Phi) is 2.97. The fourth-order valence-electron chi connectivity index (χ4n) is 2.16. The van der Waals surface area contributed by atoms with Crippen molar-refractivity contribution < 1.29 is 0 Å². The van der Waals surface area contributed by atoms with E-state index in [1.165, 1.54) is 0 Å². The van der Waals surface area contributed by atoms with E-state index in [4.69, 9.17) is 5.73 Å². The zero-order valence-electron chi connectivity index (χ0n) is 10.7. The van der Waals surface area contributed by atoms with Crippen LogP contribution >= 0.6 is 0 Å². The lowest BCUT2D eigenvalue weighted by molar-refractivity contribution is 0.658. The van der Waals surface area contributed by atoms with Crippen LogP contribution in [0.4, 0.5) is 0 Å². The summed E-state index contributed by atoms with van der Waals surface area (Å²) >= 11 is 0. The number of aromatic nitrogens is 4. The number of aryl methyl sites for hydroxylation is 1. The molecule has 19 heavy (non-hydrogen) atoms. The first kappa shape index (κ1) is 11.8. The molecule has 3 rings (SSSR count). The Morgan fingerprint density at radius 1 is 1.26 bits per heavy atom. The highest BCUT2D eigenvalue weighted by atomic mass is 15.3. The maximum absolute atomic E-state index is 6.33. The maximum Gasteiger partial charge on any atom is 0.0937 e. The molecule has 0 fully saturated rings. The smallest absolute Gasteiger partial charge is 0.0937 e. The van der Waals surface area contributed by atoms with E-state index in [2.05, 4.69) is 15.1 Å². The molecule has 2 N–H and O–H groups in total. The number of para-hydroxylation sites is 1. The van der Waals surface area contributed by atoms with Crippen molar-refractivity contribution in [3.63, 3.8) is 0 Å². The largest absolute Gasteiger partial charge is 0.320 e. The van der Waals surface area contributed by atoms with Crippen LogP contribution in [0.15, 0.2) is 43.0 Å². The fourth-order valence-corrected chi connectivity index (χ4v) is 2.16. The maximum atomic E-state index is 6.33. The molecule has 1 unspecified atom stereocenters. The second kappa shape index (κ2) is 4.78. The van der Waals surface area contributed by atoms with E-state index in [-0.39, 0.29) is 6.04 Å². The summed E-state index contributed by atoms with van der Waals surface area (Å²) in [5, 5.41) is 4.26. The predicted octanol–water partition coefficient (Wildman–Crippen LogP) is 1.89. The lowest BCUT2D eigenvalue weighted by Crippen LogP contribution is -2.12. The van der Waals surface area contributed by atoms with Crippen LogP contribution in [0.3, 0.4) is 0 Å². The highest BCUT2D eigenvalue weighted by molar-refractivity contribution is 5.78. The number of hydrogen-bond acceptors (Lipinski definition) is 4. The number of nitrogens with zero attached hydrogens (tertiary/aromatic N) is 4. The van der Waals surface area contributed by atoms with Crippen molar-refractivity contribution in [1.82, 2.24) is 19.7 Å². The van der Waals surface area contributed by atoms with Crippen LogP contribution in [0.5, 0.6) is 0 Å². The van der Waals surface area contributed by atoms with Crippen molar-refractivity contribution in [3.8, 4) is 0 Å². The second-order valence-electron chi connectivity index (χ2n) is 4.38. The van der Waals surface area contributed by atoms with Crippen molar-refractivity contribution in [2.24, 2.45) is 5.73 Å². The number of fused-ring (bicyclic) bond motifs is 1. The third-order valence-electron chi connectivity index (χ3n) is 3.20. The molecule has 0 amide bonds. The van der Waals surface area contributed by atoms with E-state index < -0.39 is 0 Å². The first-order valence-electron chi connectivity index (χ1n) is 6.27. The predicted molar refractivity (Wildman–Crippen MR) is 73.5 cm³/mol. The summed E-state index contributed by atoms with van der Waals surface area (Å²) in [5.74, 6) is 0. The molecule has 0 aliphatic carbocycles. The van der Waals surface area contributed by atoms with Gasteiger partial charge in [-0.25, -0.2) is 0 Å². The van der Waals surface area contributed by atoms with E-state index in [1.54, 1.807) is 12.4 Å². The summed E-state index contributed by atoms with van der Waals surface area (Å²) in [7, 11) is 0. The SMILES string of the molecule is CCn1cc(C(N)c2cccc3nccnc23)cn1. The summed E-state index contributed by atoms with van der Waals surface area (Å²) in [5.41, 5.74) is 10.00. The van der Waals surface area contributed by atoms with Crippen molar-refractivity contribution >= 4 is 11.0 Å². The Balaban J connectivity index is 2.08. The van der Waals surface area contributed by atoms with Gasteiger partial charge in [-0.2, -0.15) is 5.10 Å². The molecule has 0 saturated heterocycles. The molecule has 2 aromatic heterocycles. The van der Waals surface area contributed by atoms with E-state index >= 15 is 0 Å². The van der Waals surface area contributed by atoms with E-state index in [1.807, 2.05) is 42.2 Å². The third kappa shape index (κ3) is 2.08. The van der Waals surface area contributed by atoms with Gasteiger partial charge in [0.25, 0.3) is 0 Å². The van der Waals surface area contributed by atoms with Gasteiger partial charge in [0.15, 0.2) is 0 Å². The molecule has 0 radical (unpaired) electrons. The van der Waals surface area contributed by atoms with Crippen molar-refractivity contribution in [2.45, 2.75) is 19.5 Å². The molecule has 2 heterocycles. The highest BCUT2D eigenvalue weighted by Gasteiger charge is 2.14. The standard InChI is InChI=1S/C14H15N5/c1-2-19-9-10(8-18-19)13(15)11-4-3-5-12-14(11)17-7-6-16-12/h3-9,13H,2,15H2,1H3. The molecule has 0 aliphatic rings. The van der Waals surface area contributed by atoms with Crippen LogP contribution < -0.4 is 5.73 Å². The van der Waals surface area contributed by atoms with Crippen LogP contribution in [0.2, 0.25) is 0 Å². The molecule has 96 valence electrons. The van der Waals surface area contributed by atoms with Gasteiger partial charge in [-0.15, -0.1) is 0 Å². The number of benzene rings is 1. The Hall–Kier alpha value is -2.27. The van der Waals surface area contributed by atoms with Crippen molar-refractivity contribution in [1.29, 1.82) is 0 Å². The minimum Gasteiger partial charge on any atom is -0.320 e. The van der Waals surface area contributed by atoms with Crippen LogP contribution in [0.1, 0.15) is 24.1 Å². The van der Waals surface area contributed by atoms with Gasteiger partial charge in [0.1, 0.15) is 0 Å². The van der Waals surface area contributed by atoms with Crippen LogP contribution in [-0.2, 0) is 6.54 Å². The zero-order chi connectivity index (χ0) is 13.2. The Morgan fingerprint density at radius 2 is 2.11 bits per heavy atom. The molecule has 0 aliphatic heterocycles. The summed E-state index contributed by atoms with van der Waals surface area (Å²) in [6, 6.07) is 5.65. The highest BCUT2D eigenvalue weighted by Crippen LogP contribution is 2.24. The molecule has 5 heteroatoms. The summed E-state index contributed by atoms with van der Waals surface area (Å²) in [4.78, 5) is 8.69. The molecule has 5 nitrogen and oxygen atoms in total. The van der Waals surface area contributed by atoms with Gasteiger partial charge in [-0.1, -0.05) is 12.1 Å². The van der Waals surface area contributed by atoms with Gasteiger partial charge < -0.3 is 5.73 Å². The normalized spacial score (nSPS) is 12.7. The molecule has 3 aromatic rings. The fraction of sp³-hybridized carbons (Fsp3) is 0.214. The quantitative estimate of drug-likeness (QED) is 0.774. The van der Waals surface area contributed by atoms with Crippen LogP contribution in [0, 0.1) is 0 Å². The molecule has 1 atom stereocenters. The van der Waals surface area contributed by atoms with E-state index in [0.717, 1.165) is 28.7 Å². The Labute approximate surface area is 111 Å². The van der Waals surface area contributed by atoms with Crippen LogP contribution in [0.25, 0.3) is 11.0 Å². The summed E-state index contributed by atoms with van der Waals surface area (Å²) in [6.45, 7) is 2.88. The van der Waals surface area contributed by atoms with Gasteiger partial charge >= 0.3 is 0 Å². The Morgan fingerprint density at radius 3 is 2.89 bits per heavy atom. The summed E-state index contributed by atoms with van der Waals surface area (Å²) in [6.07, 6.45) is 7.16. The lowest BCUT2D eigenvalue weighted by atomic mass is 10.0. The van der Waals surface area contributed by atoms with Gasteiger partial charge in [0.05, 0.1) is 23.3 Å². The molecule has 1 aromatic carbocycles. The molecular formula is C14H15N5. The minimum atomic E-state index is -0.235. The monoisotopic (exact) mass is 253 g/mol. The average molecular weight is 253 g/mol. The van der Waals surface area contributed by atoms with Gasteiger partial charge in [0.2, 0.25) is 0 Å². The first-order chi connectivity index (χ1) is 9.29.